The monoisotopic (exact) mass is 1060 g/mol. The Morgan fingerprint density at radius 1 is 0.904 bits per heavy atom. The van der Waals surface area contributed by atoms with Gasteiger partial charge in [-0.15, -0.1) is 0 Å². The van der Waals surface area contributed by atoms with E-state index in [1.807, 2.05) is 0 Å². The minimum Gasteiger partial charge on any atom is -0.344 e. The van der Waals surface area contributed by atoms with E-state index in [1.165, 1.54) is 76.2 Å². The molecule has 2 fully saturated rings. The van der Waals surface area contributed by atoms with Gasteiger partial charge in [-0.3, -0.25) is 28.2 Å². The molecule has 14 nitrogen and oxygen atoms in total. The van der Waals surface area contributed by atoms with Crippen LogP contribution in [-0.2, 0) is 50.1 Å². The fraction of sp³-hybridized carbons (Fsp3) is 0.367. The number of sulfone groups is 1. The lowest BCUT2D eigenvalue weighted by Gasteiger charge is -2.24. The zero-order valence-electron chi connectivity index (χ0n) is 39.1. The molecule has 3 aliphatic carbocycles. The summed E-state index contributed by atoms with van der Waals surface area (Å²) in [4.78, 5) is 34.6. The molecule has 0 radical (unpaired) electrons. The predicted molar refractivity (Wildman–Crippen MR) is 252 cm³/mol. The highest BCUT2D eigenvalue weighted by molar-refractivity contribution is 7.93. The van der Waals surface area contributed by atoms with Crippen molar-refractivity contribution in [1.29, 1.82) is 0 Å². The minimum absolute atomic E-state index is 0.0125. The van der Waals surface area contributed by atoms with Crippen LogP contribution in [0.4, 0.5) is 40.9 Å². The number of aromatic nitrogens is 6. The van der Waals surface area contributed by atoms with Crippen LogP contribution in [0.5, 0.6) is 0 Å². The first kappa shape index (κ1) is 49.9. The molecular weight excluding hydrogens is 1010 g/mol. The molecule has 0 spiro atoms. The van der Waals surface area contributed by atoms with Gasteiger partial charge in [0.2, 0.25) is 15.9 Å². The van der Waals surface area contributed by atoms with E-state index in [9.17, 15) is 48.0 Å². The Hall–Kier alpha value is -6.69. The van der Waals surface area contributed by atoms with Crippen LogP contribution in [0.3, 0.4) is 0 Å². The van der Waals surface area contributed by atoms with Gasteiger partial charge in [0, 0.05) is 29.5 Å². The molecule has 3 atom stereocenters. The summed E-state index contributed by atoms with van der Waals surface area (Å²) < 4.78 is 177. The van der Waals surface area contributed by atoms with Gasteiger partial charge in [-0.05, 0) is 106 Å². The number of benzene rings is 4. The third kappa shape index (κ3) is 8.72. The minimum atomic E-state index is -4.08. The lowest BCUT2D eigenvalue weighted by atomic mass is 10.0. The summed E-state index contributed by atoms with van der Waals surface area (Å²) in [5, 5.41) is 9.63. The average Bonchev–Trinajstić information content (AvgIpc) is 4.22. The second kappa shape index (κ2) is 17.5. The van der Waals surface area contributed by atoms with Crippen molar-refractivity contribution >= 4 is 53.4 Å². The number of halogens is 8. The summed E-state index contributed by atoms with van der Waals surface area (Å²) in [6, 6.07) is 13.6. The van der Waals surface area contributed by atoms with Crippen LogP contribution >= 0.6 is 0 Å². The summed E-state index contributed by atoms with van der Waals surface area (Å²) in [7, 11) is -8.10. The van der Waals surface area contributed by atoms with Crippen LogP contribution in [0.25, 0.3) is 38.6 Å². The van der Waals surface area contributed by atoms with Crippen LogP contribution in [-0.4, -0.2) is 68.3 Å². The molecule has 0 unspecified atom stereocenters. The summed E-state index contributed by atoms with van der Waals surface area (Å²) in [5.41, 5.74) is -3.10. The second-order valence-corrected chi connectivity index (χ2v) is 24.3. The molecule has 73 heavy (non-hydrogen) atoms. The van der Waals surface area contributed by atoms with E-state index in [0.717, 1.165) is 21.4 Å². The number of hydrogen-bond donors (Lipinski definition) is 2. The number of nitrogens with zero attached hydrogens (tertiary/aromatic N) is 6. The summed E-state index contributed by atoms with van der Waals surface area (Å²) in [5.74, 6) is -9.94. The Kier molecular flexibility index (Phi) is 11.9. The molecule has 2 N–H and O–H groups in total. The van der Waals surface area contributed by atoms with Gasteiger partial charge in [-0.25, -0.2) is 48.2 Å². The first-order valence-electron chi connectivity index (χ1n) is 23.0. The number of carbonyl (C=O) groups is 1. The fourth-order valence-corrected chi connectivity index (χ4v) is 12.5. The van der Waals surface area contributed by atoms with E-state index in [-0.39, 0.29) is 66.9 Å². The summed E-state index contributed by atoms with van der Waals surface area (Å²) in [6.45, 7) is 3.85. The molecule has 24 heteroatoms. The van der Waals surface area contributed by atoms with Crippen molar-refractivity contribution in [2.45, 2.75) is 112 Å². The molecule has 10 rings (SSSR count). The molecule has 3 aromatic heterocycles. The average molecular weight is 1060 g/mol. The standard InChI is InChI=1S/C49H44F8N8O6S2/c1-23-9-14-35(42-39(23)45(61-63(42)21-37(52)53)62-73(70,71)28-11-12-28)65-46(59-33-18-25(10-13-30(33)47(65)67)29-7-5-6-8-36(29)72(68,69)48(2,3)4)34(17-24-15-26(50)19-27(51)16-24)58-38(66)22-64-43-40(41(60-64)44(54)55)31-20-32(31)49(43,56)57/h5-10,13-16,18-19,28,31-32,34,37,44H,11-12,17,20-22H2,1-4H3,(H,58,66)(H,61,62)/t31-,32+,34-/m0/s1. The number of alkyl halides is 6. The van der Waals surface area contributed by atoms with Crippen molar-refractivity contribution in [1.82, 2.24) is 34.4 Å². The van der Waals surface area contributed by atoms with E-state index >= 15 is 13.6 Å². The third-order valence-corrected chi connectivity index (χ3v) is 17.9. The predicted octanol–water partition coefficient (Wildman–Crippen LogP) is 9.17. The van der Waals surface area contributed by atoms with E-state index in [0.29, 0.717) is 29.2 Å². The number of anilines is 1. The second-order valence-electron chi connectivity index (χ2n) is 19.6. The molecule has 3 heterocycles. The molecule has 1 amide bonds. The smallest absolute Gasteiger partial charge is 0.293 e. The molecule has 3 aliphatic rings. The van der Waals surface area contributed by atoms with Gasteiger partial charge in [0.1, 0.15) is 41.9 Å². The first-order valence-corrected chi connectivity index (χ1v) is 26.0. The first-order chi connectivity index (χ1) is 34.3. The van der Waals surface area contributed by atoms with Gasteiger partial charge in [0.05, 0.1) is 48.4 Å². The van der Waals surface area contributed by atoms with E-state index in [4.69, 9.17) is 4.98 Å². The molecule has 0 bridgehead atoms. The molecular formula is C49H44F8N8O6S2. The number of amides is 1. The zero-order valence-corrected chi connectivity index (χ0v) is 40.7. The molecule has 7 aromatic rings. The van der Waals surface area contributed by atoms with Crippen molar-refractivity contribution in [2.75, 3.05) is 4.72 Å². The Morgan fingerprint density at radius 3 is 2.26 bits per heavy atom. The Balaban J connectivity index is 1.22. The van der Waals surface area contributed by atoms with E-state index in [1.54, 1.807) is 6.07 Å². The maximum Gasteiger partial charge on any atom is 0.293 e. The van der Waals surface area contributed by atoms with Gasteiger partial charge >= 0.3 is 0 Å². The number of fused-ring (bicyclic) bond motifs is 5. The Morgan fingerprint density at radius 2 is 1.60 bits per heavy atom. The SMILES string of the molecule is Cc1ccc(-n2c([C@H](Cc3cc(F)cc(F)c3)NC(=O)Cn3nc(C(F)F)c4c3C(F)(F)[C@@H]3C[C@H]43)nc3cc(-c4ccccc4S(=O)(=O)C(C)(C)C)ccc3c2=O)c2c1c(NS(=O)(=O)C1CC1)nn2CC(F)F. The Bertz CT molecular complexity index is 3720. The van der Waals surface area contributed by atoms with Gasteiger partial charge in [-0.1, -0.05) is 30.3 Å². The lowest BCUT2D eigenvalue weighted by molar-refractivity contribution is -0.123. The number of carbonyl (C=O) groups excluding carboxylic acids is 1. The van der Waals surface area contributed by atoms with Crippen molar-refractivity contribution < 1.29 is 56.8 Å². The number of sulfonamides is 1. The van der Waals surface area contributed by atoms with Crippen LogP contribution < -0.4 is 15.6 Å². The van der Waals surface area contributed by atoms with E-state index in [2.05, 4.69) is 20.2 Å². The van der Waals surface area contributed by atoms with Gasteiger partial charge in [0.25, 0.3) is 24.3 Å². The highest BCUT2D eigenvalue weighted by Gasteiger charge is 2.67. The van der Waals surface area contributed by atoms with Crippen LogP contribution in [0.2, 0.25) is 0 Å². The van der Waals surface area contributed by atoms with Crippen molar-refractivity contribution in [3.63, 3.8) is 0 Å². The zero-order chi connectivity index (χ0) is 52.4. The number of aryl methyl sites for hydroxylation is 1. The van der Waals surface area contributed by atoms with Gasteiger partial charge in [0.15, 0.2) is 15.7 Å². The van der Waals surface area contributed by atoms with Crippen molar-refractivity contribution in [3.8, 4) is 16.8 Å². The molecule has 384 valence electrons. The quantitative estimate of drug-likeness (QED) is 0.0947. The molecule has 0 saturated heterocycles. The maximum absolute atomic E-state index is 15.7. The van der Waals surface area contributed by atoms with Gasteiger partial charge < -0.3 is 5.32 Å². The number of hydrogen-bond acceptors (Lipinski definition) is 9. The summed E-state index contributed by atoms with van der Waals surface area (Å²) in [6.07, 6.45) is -6.40. The highest BCUT2D eigenvalue weighted by atomic mass is 32.2. The normalized spacial score (nSPS) is 17.9. The van der Waals surface area contributed by atoms with Crippen molar-refractivity contribution in [2.24, 2.45) is 5.92 Å². The summed E-state index contributed by atoms with van der Waals surface area (Å²) >= 11 is 0. The number of rotatable bonds is 15. The molecule has 0 aliphatic heterocycles. The Labute approximate surface area is 411 Å². The molecule has 4 aromatic carbocycles. The number of nitrogens with one attached hydrogen (secondary N) is 2. The van der Waals surface area contributed by atoms with Crippen molar-refractivity contribution in [3.05, 3.63) is 129 Å². The maximum atomic E-state index is 15.7. The van der Waals surface area contributed by atoms with Crippen LogP contribution in [0.1, 0.15) is 92.3 Å². The van der Waals surface area contributed by atoms with E-state index < -0.39 is 126 Å². The topological polar surface area (TPSA) is 180 Å². The lowest BCUT2D eigenvalue weighted by Crippen LogP contribution is -2.38. The van der Waals surface area contributed by atoms with Gasteiger partial charge in [-0.2, -0.15) is 19.0 Å². The van der Waals surface area contributed by atoms with Crippen LogP contribution in [0.15, 0.2) is 82.5 Å². The third-order valence-electron chi connectivity index (χ3n) is 13.5. The largest absolute Gasteiger partial charge is 0.344 e. The fourth-order valence-electron chi connectivity index (χ4n) is 9.80. The molecule has 2 saturated carbocycles. The highest BCUT2D eigenvalue weighted by Crippen LogP contribution is 2.68. The van der Waals surface area contributed by atoms with Crippen LogP contribution in [0, 0.1) is 24.5 Å².